The molecule has 20 heavy (non-hydrogen) atoms. The molecular formula is C18H22IN. The van der Waals surface area contributed by atoms with E-state index in [1.807, 2.05) is 0 Å². The SMILES string of the molecule is CNC(CCCc1ccccc1)Cc1ccc(I)cc1. The van der Waals surface area contributed by atoms with Crippen LogP contribution in [0, 0.1) is 3.57 Å². The molecule has 0 saturated carbocycles. The summed E-state index contributed by atoms with van der Waals surface area (Å²) in [6.07, 6.45) is 4.74. The van der Waals surface area contributed by atoms with E-state index in [0.717, 1.165) is 6.42 Å². The molecule has 0 aliphatic carbocycles. The lowest BCUT2D eigenvalue weighted by Gasteiger charge is -2.16. The number of hydrogen-bond donors (Lipinski definition) is 1. The molecule has 2 aromatic rings. The molecule has 0 bridgehead atoms. The van der Waals surface area contributed by atoms with E-state index in [0.29, 0.717) is 6.04 Å². The molecule has 0 fully saturated rings. The Kier molecular flexibility index (Phi) is 6.54. The van der Waals surface area contributed by atoms with E-state index in [4.69, 9.17) is 0 Å². The first-order valence-electron chi connectivity index (χ1n) is 7.23. The van der Waals surface area contributed by atoms with E-state index in [-0.39, 0.29) is 0 Å². The van der Waals surface area contributed by atoms with Crippen molar-refractivity contribution in [2.45, 2.75) is 31.7 Å². The fraction of sp³-hybridized carbons (Fsp3) is 0.333. The summed E-state index contributed by atoms with van der Waals surface area (Å²) in [5.74, 6) is 0. The first-order chi connectivity index (χ1) is 9.78. The summed E-state index contributed by atoms with van der Waals surface area (Å²) in [6, 6.07) is 20.2. The molecule has 1 N–H and O–H groups in total. The van der Waals surface area contributed by atoms with Gasteiger partial charge in [0, 0.05) is 9.61 Å². The number of hydrogen-bond acceptors (Lipinski definition) is 1. The monoisotopic (exact) mass is 379 g/mol. The number of halogens is 1. The Morgan fingerprint density at radius 3 is 2.30 bits per heavy atom. The van der Waals surface area contributed by atoms with Crippen molar-refractivity contribution in [2.75, 3.05) is 7.05 Å². The van der Waals surface area contributed by atoms with Crippen molar-refractivity contribution >= 4 is 22.6 Å². The highest BCUT2D eigenvalue weighted by molar-refractivity contribution is 14.1. The van der Waals surface area contributed by atoms with Gasteiger partial charge in [-0.3, -0.25) is 0 Å². The Balaban J connectivity index is 1.79. The van der Waals surface area contributed by atoms with E-state index < -0.39 is 0 Å². The molecule has 0 aromatic heterocycles. The Labute approximate surface area is 135 Å². The highest BCUT2D eigenvalue weighted by Gasteiger charge is 2.07. The predicted octanol–water partition coefficient (Wildman–Crippen LogP) is 4.44. The van der Waals surface area contributed by atoms with Crippen molar-refractivity contribution in [1.29, 1.82) is 0 Å². The van der Waals surface area contributed by atoms with Crippen molar-refractivity contribution < 1.29 is 0 Å². The molecular weight excluding hydrogens is 357 g/mol. The van der Waals surface area contributed by atoms with Crippen LogP contribution in [-0.4, -0.2) is 13.1 Å². The molecule has 0 amide bonds. The van der Waals surface area contributed by atoms with E-state index in [1.54, 1.807) is 0 Å². The minimum absolute atomic E-state index is 0.568. The molecule has 0 saturated heterocycles. The Bertz CT molecular complexity index is 493. The number of benzene rings is 2. The molecule has 1 atom stereocenters. The van der Waals surface area contributed by atoms with Gasteiger partial charge in [0.15, 0.2) is 0 Å². The molecule has 106 valence electrons. The summed E-state index contributed by atoms with van der Waals surface area (Å²) in [6.45, 7) is 0. The van der Waals surface area contributed by atoms with Gasteiger partial charge in [-0.05, 0) is 78.6 Å². The first-order valence-corrected chi connectivity index (χ1v) is 8.31. The van der Waals surface area contributed by atoms with Gasteiger partial charge in [-0.1, -0.05) is 42.5 Å². The van der Waals surface area contributed by atoms with Gasteiger partial charge in [0.05, 0.1) is 0 Å². The van der Waals surface area contributed by atoms with Gasteiger partial charge in [0.1, 0.15) is 0 Å². The minimum Gasteiger partial charge on any atom is -0.317 e. The van der Waals surface area contributed by atoms with E-state index in [1.165, 1.54) is 34.0 Å². The third-order valence-electron chi connectivity index (χ3n) is 3.66. The quantitative estimate of drug-likeness (QED) is 0.702. The van der Waals surface area contributed by atoms with Crippen molar-refractivity contribution in [2.24, 2.45) is 0 Å². The van der Waals surface area contributed by atoms with Crippen LogP contribution in [0.4, 0.5) is 0 Å². The standard InChI is InChI=1S/C18H22IN/c1-20-18(14-16-10-12-17(19)13-11-16)9-5-8-15-6-3-2-4-7-15/h2-4,6-7,10-13,18,20H,5,8-9,14H2,1H3. The van der Waals surface area contributed by atoms with Crippen LogP contribution in [-0.2, 0) is 12.8 Å². The highest BCUT2D eigenvalue weighted by atomic mass is 127. The van der Waals surface area contributed by atoms with Crippen molar-refractivity contribution in [3.63, 3.8) is 0 Å². The third-order valence-corrected chi connectivity index (χ3v) is 4.38. The second-order valence-corrected chi connectivity index (χ2v) is 6.44. The number of likely N-dealkylation sites (N-methyl/N-ethyl adjacent to an activating group) is 1. The van der Waals surface area contributed by atoms with Crippen LogP contribution in [0.15, 0.2) is 54.6 Å². The summed E-state index contributed by atoms with van der Waals surface area (Å²) >= 11 is 2.35. The van der Waals surface area contributed by atoms with Gasteiger partial charge in [-0.2, -0.15) is 0 Å². The second kappa shape index (κ2) is 8.42. The zero-order chi connectivity index (χ0) is 14.2. The fourth-order valence-electron chi connectivity index (χ4n) is 2.45. The zero-order valence-electron chi connectivity index (χ0n) is 12.0. The topological polar surface area (TPSA) is 12.0 Å². The third kappa shape index (κ3) is 5.25. The van der Waals surface area contributed by atoms with Gasteiger partial charge in [0.2, 0.25) is 0 Å². The summed E-state index contributed by atoms with van der Waals surface area (Å²) in [4.78, 5) is 0. The summed E-state index contributed by atoms with van der Waals surface area (Å²) in [7, 11) is 2.07. The summed E-state index contributed by atoms with van der Waals surface area (Å²) < 4.78 is 1.30. The Hall–Kier alpha value is -0.870. The van der Waals surface area contributed by atoms with Crippen LogP contribution in [0.1, 0.15) is 24.0 Å². The predicted molar refractivity (Wildman–Crippen MR) is 95.1 cm³/mol. The van der Waals surface area contributed by atoms with Crippen molar-refractivity contribution in [3.8, 4) is 0 Å². The fourth-order valence-corrected chi connectivity index (χ4v) is 2.81. The van der Waals surface area contributed by atoms with Crippen LogP contribution in [0.5, 0.6) is 0 Å². The van der Waals surface area contributed by atoms with E-state index in [9.17, 15) is 0 Å². The smallest absolute Gasteiger partial charge is 0.0130 e. The number of aryl methyl sites for hydroxylation is 1. The summed E-state index contributed by atoms with van der Waals surface area (Å²) in [5.41, 5.74) is 2.86. The molecule has 2 aromatic carbocycles. The largest absolute Gasteiger partial charge is 0.317 e. The van der Waals surface area contributed by atoms with Gasteiger partial charge in [0.25, 0.3) is 0 Å². The van der Waals surface area contributed by atoms with Gasteiger partial charge < -0.3 is 5.32 Å². The van der Waals surface area contributed by atoms with Crippen LogP contribution in [0.25, 0.3) is 0 Å². The number of rotatable bonds is 7. The molecule has 2 rings (SSSR count). The average Bonchev–Trinajstić information content (AvgIpc) is 2.49. The molecule has 0 radical (unpaired) electrons. The summed E-state index contributed by atoms with van der Waals surface area (Å²) in [5, 5.41) is 3.45. The lowest BCUT2D eigenvalue weighted by atomic mass is 9.99. The lowest BCUT2D eigenvalue weighted by Crippen LogP contribution is -2.27. The molecule has 0 aliphatic rings. The van der Waals surface area contributed by atoms with Crippen LogP contribution in [0.3, 0.4) is 0 Å². The van der Waals surface area contributed by atoms with E-state index >= 15 is 0 Å². The highest BCUT2D eigenvalue weighted by Crippen LogP contribution is 2.12. The maximum Gasteiger partial charge on any atom is 0.0130 e. The van der Waals surface area contributed by atoms with Crippen molar-refractivity contribution in [1.82, 2.24) is 5.32 Å². The maximum absolute atomic E-state index is 3.45. The molecule has 0 heterocycles. The number of nitrogens with one attached hydrogen (secondary N) is 1. The molecule has 2 heteroatoms. The van der Waals surface area contributed by atoms with Crippen LogP contribution in [0.2, 0.25) is 0 Å². The average molecular weight is 379 g/mol. The minimum atomic E-state index is 0.568. The van der Waals surface area contributed by atoms with Crippen molar-refractivity contribution in [3.05, 3.63) is 69.3 Å². The second-order valence-electron chi connectivity index (χ2n) is 5.19. The molecule has 1 unspecified atom stereocenters. The van der Waals surface area contributed by atoms with Gasteiger partial charge >= 0.3 is 0 Å². The van der Waals surface area contributed by atoms with Crippen LogP contribution < -0.4 is 5.32 Å². The Morgan fingerprint density at radius 2 is 1.65 bits per heavy atom. The maximum atomic E-state index is 3.45. The Morgan fingerprint density at radius 1 is 0.950 bits per heavy atom. The first kappa shape index (κ1) is 15.5. The zero-order valence-corrected chi connectivity index (χ0v) is 14.1. The van der Waals surface area contributed by atoms with Gasteiger partial charge in [-0.15, -0.1) is 0 Å². The lowest BCUT2D eigenvalue weighted by molar-refractivity contribution is 0.502. The van der Waals surface area contributed by atoms with Crippen LogP contribution >= 0.6 is 22.6 Å². The molecule has 0 spiro atoms. The molecule has 1 nitrogen and oxygen atoms in total. The van der Waals surface area contributed by atoms with Gasteiger partial charge in [-0.25, -0.2) is 0 Å². The van der Waals surface area contributed by atoms with E-state index in [2.05, 4.69) is 89.6 Å². The normalized spacial score (nSPS) is 12.3. The molecule has 0 aliphatic heterocycles.